The zero-order valence-electron chi connectivity index (χ0n) is 19.1. The van der Waals surface area contributed by atoms with E-state index in [1.165, 1.54) is 0 Å². The number of nitrogens with one attached hydrogen (secondary N) is 2. The fourth-order valence-corrected chi connectivity index (χ4v) is 3.47. The Kier molecular flexibility index (Phi) is 7.03. The third-order valence-corrected chi connectivity index (χ3v) is 5.34. The Morgan fingerprint density at radius 1 is 0.941 bits per heavy atom. The summed E-state index contributed by atoms with van der Waals surface area (Å²) in [7, 11) is 1.59. The maximum atomic E-state index is 13.1. The van der Waals surface area contributed by atoms with E-state index in [0.717, 1.165) is 22.4 Å². The summed E-state index contributed by atoms with van der Waals surface area (Å²) < 4.78 is 7.00. The first-order chi connectivity index (χ1) is 16.5. The third-order valence-electron chi connectivity index (χ3n) is 5.34. The summed E-state index contributed by atoms with van der Waals surface area (Å²) in [5.74, 6) is 0.00568. The number of carbonyl (C=O) groups excluding carboxylic acids is 2. The second-order valence-corrected chi connectivity index (χ2v) is 7.85. The smallest absolute Gasteiger partial charge is 0.255 e. The van der Waals surface area contributed by atoms with Crippen molar-refractivity contribution in [1.29, 1.82) is 0 Å². The molecule has 0 aliphatic heterocycles. The van der Waals surface area contributed by atoms with Crippen LogP contribution < -0.4 is 15.4 Å². The molecule has 4 aromatic rings. The van der Waals surface area contributed by atoms with Crippen LogP contribution in [0.3, 0.4) is 0 Å². The van der Waals surface area contributed by atoms with Crippen LogP contribution in [0.2, 0.25) is 0 Å². The van der Waals surface area contributed by atoms with E-state index in [9.17, 15) is 9.59 Å². The van der Waals surface area contributed by atoms with E-state index in [4.69, 9.17) is 4.74 Å². The average molecular weight is 455 g/mol. The Morgan fingerprint density at radius 3 is 2.44 bits per heavy atom. The topological polar surface area (TPSA) is 85.2 Å². The number of aromatic nitrogens is 2. The molecule has 7 heteroatoms. The van der Waals surface area contributed by atoms with Gasteiger partial charge in [0, 0.05) is 18.3 Å². The highest BCUT2D eigenvalue weighted by molar-refractivity contribution is 6.01. The van der Waals surface area contributed by atoms with Gasteiger partial charge in [-0.2, -0.15) is 5.10 Å². The number of carbonyl (C=O) groups is 2. The summed E-state index contributed by atoms with van der Waals surface area (Å²) in [4.78, 5) is 25.4. The summed E-state index contributed by atoms with van der Waals surface area (Å²) in [5.41, 5.74) is 4.55. The molecule has 0 aliphatic rings. The van der Waals surface area contributed by atoms with Crippen molar-refractivity contribution in [3.8, 4) is 22.7 Å². The van der Waals surface area contributed by atoms with Crippen molar-refractivity contribution in [3.63, 3.8) is 0 Å². The van der Waals surface area contributed by atoms with E-state index >= 15 is 0 Å². The summed E-state index contributed by atoms with van der Waals surface area (Å²) >= 11 is 0. The molecule has 0 spiro atoms. The van der Waals surface area contributed by atoms with Gasteiger partial charge in [0.2, 0.25) is 5.91 Å². The van der Waals surface area contributed by atoms with E-state index in [-0.39, 0.29) is 18.4 Å². The molecule has 2 N–H and O–H groups in total. The molecule has 0 saturated carbocycles. The van der Waals surface area contributed by atoms with Gasteiger partial charge < -0.3 is 15.4 Å². The monoisotopic (exact) mass is 454 g/mol. The van der Waals surface area contributed by atoms with Crippen LogP contribution >= 0.6 is 0 Å². The number of amides is 2. The Bertz CT molecular complexity index is 1280. The molecule has 0 atom stereocenters. The number of benzene rings is 3. The Labute approximate surface area is 198 Å². The number of ether oxygens (including phenoxy) is 1. The van der Waals surface area contributed by atoms with Gasteiger partial charge in [-0.15, -0.1) is 0 Å². The maximum absolute atomic E-state index is 13.1. The molecule has 0 saturated heterocycles. The van der Waals surface area contributed by atoms with Crippen molar-refractivity contribution in [3.05, 3.63) is 102 Å². The highest BCUT2D eigenvalue weighted by Crippen LogP contribution is 2.27. The van der Waals surface area contributed by atoms with Gasteiger partial charge in [-0.25, -0.2) is 4.68 Å². The largest absolute Gasteiger partial charge is 0.497 e. The van der Waals surface area contributed by atoms with Crippen molar-refractivity contribution < 1.29 is 14.3 Å². The van der Waals surface area contributed by atoms with Crippen LogP contribution in [0.25, 0.3) is 16.9 Å². The van der Waals surface area contributed by atoms with Gasteiger partial charge in [0.1, 0.15) is 11.4 Å². The van der Waals surface area contributed by atoms with Crippen molar-refractivity contribution in [2.75, 3.05) is 13.7 Å². The van der Waals surface area contributed by atoms with Crippen molar-refractivity contribution in [2.45, 2.75) is 13.5 Å². The molecule has 0 bridgehead atoms. The molecule has 4 rings (SSSR count). The standard InChI is InChI=1S/C27H26N4O3/c1-19-11-13-22(14-12-19)31-18-24(26(30-31)21-9-6-10-23(15-21)34-2)27(33)29-17-25(32)28-16-20-7-4-3-5-8-20/h3-15,18H,16-17H2,1-2H3,(H,28,32)(H,29,33). The molecule has 7 nitrogen and oxygen atoms in total. The summed E-state index contributed by atoms with van der Waals surface area (Å²) in [6.07, 6.45) is 1.68. The molecule has 0 aliphatic carbocycles. The average Bonchev–Trinajstić information content (AvgIpc) is 3.33. The highest BCUT2D eigenvalue weighted by Gasteiger charge is 2.19. The molecule has 34 heavy (non-hydrogen) atoms. The molecule has 172 valence electrons. The predicted octanol–water partition coefficient (Wildman–Crippen LogP) is 3.90. The normalized spacial score (nSPS) is 10.5. The minimum atomic E-state index is -0.383. The lowest BCUT2D eigenvalue weighted by molar-refractivity contribution is -0.120. The maximum Gasteiger partial charge on any atom is 0.255 e. The minimum absolute atomic E-state index is 0.140. The van der Waals surface area contributed by atoms with Crippen LogP contribution in [0, 0.1) is 6.92 Å². The molecule has 0 fully saturated rings. The molecule has 2 amide bonds. The number of hydrogen-bond donors (Lipinski definition) is 2. The molecular formula is C27H26N4O3. The van der Waals surface area contributed by atoms with Gasteiger partial charge in [0.05, 0.1) is 24.9 Å². The zero-order chi connectivity index (χ0) is 23.9. The molecular weight excluding hydrogens is 428 g/mol. The van der Waals surface area contributed by atoms with Crippen LogP contribution in [0.1, 0.15) is 21.5 Å². The van der Waals surface area contributed by atoms with Crippen molar-refractivity contribution in [2.24, 2.45) is 0 Å². The Balaban J connectivity index is 1.54. The Morgan fingerprint density at radius 2 is 1.71 bits per heavy atom. The van der Waals surface area contributed by atoms with Gasteiger partial charge in [0.25, 0.3) is 5.91 Å². The fraction of sp³-hybridized carbons (Fsp3) is 0.148. The number of aryl methyl sites for hydroxylation is 1. The Hall–Kier alpha value is -4.39. The van der Waals surface area contributed by atoms with Crippen LogP contribution in [-0.2, 0) is 11.3 Å². The lowest BCUT2D eigenvalue weighted by Gasteiger charge is -2.08. The molecule has 1 heterocycles. The number of hydrogen-bond acceptors (Lipinski definition) is 4. The highest BCUT2D eigenvalue weighted by atomic mass is 16.5. The first kappa shape index (κ1) is 22.8. The number of methoxy groups -OCH3 is 1. The first-order valence-corrected chi connectivity index (χ1v) is 10.9. The van der Waals surface area contributed by atoms with Crippen molar-refractivity contribution >= 4 is 11.8 Å². The van der Waals surface area contributed by atoms with E-state index in [1.54, 1.807) is 18.0 Å². The van der Waals surface area contributed by atoms with E-state index in [1.807, 2.05) is 85.8 Å². The van der Waals surface area contributed by atoms with Crippen molar-refractivity contribution in [1.82, 2.24) is 20.4 Å². The lowest BCUT2D eigenvalue weighted by atomic mass is 10.1. The van der Waals surface area contributed by atoms with E-state index in [0.29, 0.717) is 23.6 Å². The van der Waals surface area contributed by atoms with Gasteiger partial charge in [0.15, 0.2) is 0 Å². The van der Waals surface area contributed by atoms with Crippen LogP contribution in [0.15, 0.2) is 85.1 Å². The second-order valence-electron chi connectivity index (χ2n) is 7.85. The van der Waals surface area contributed by atoms with Crippen LogP contribution in [0.5, 0.6) is 5.75 Å². The molecule has 1 aromatic heterocycles. The van der Waals surface area contributed by atoms with Gasteiger partial charge in [-0.1, -0.05) is 60.2 Å². The summed E-state index contributed by atoms with van der Waals surface area (Å²) in [5, 5.41) is 10.2. The predicted molar refractivity (Wildman–Crippen MR) is 131 cm³/mol. The lowest BCUT2D eigenvalue weighted by Crippen LogP contribution is -2.36. The van der Waals surface area contributed by atoms with Crippen LogP contribution in [-0.4, -0.2) is 35.2 Å². The fourth-order valence-electron chi connectivity index (χ4n) is 3.47. The third kappa shape index (κ3) is 5.50. The van der Waals surface area contributed by atoms with E-state index in [2.05, 4.69) is 15.7 Å². The van der Waals surface area contributed by atoms with E-state index < -0.39 is 0 Å². The molecule has 0 radical (unpaired) electrons. The quantitative estimate of drug-likeness (QED) is 0.423. The second kappa shape index (κ2) is 10.5. The first-order valence-electron chi connectivity index (χ1n) is 10.9. The molecule has 3 aromatic carbocycles. The van der Waals surface area contributed by atoms with Gasteiger partial charge >= 0.3 is 0 Å². The number of nitrogens with zero attached hydrogens (tertiary/aromatic N) is 2. The molecule has 0 unspecified atom stereocenters. The number of rotatable bonds is 8. The zero-order valence-corrected chi connectivity index (χ0v) is 19.1. The van der Waals surface area contributed by atoms with Gasteiger partial charge in [-0.3, -0.25) is 9.59 Å². The SMILES string of the molecule is COc1cccc(-c2nn(-c3ccc(C)cc3)cc2C(=O)NCC(=O)NCc2ccccc2)c1. The van der Waals surface area contributed by atoms with Gasteiger partial charge in [-0.05, 0) is 36.8 Å². The minimum Gasteiger partial charge on any atom is -0.497 e. The van der Waals surface area contributed by atoms with Crippen LogP contribution in [0.4, 0.5) is 0 Å². The summed E-state index contributed by atoms with van der Waals surface area (Å²) in [6.45, 7) is 2.27. The summed E-state index contributed by atoms with van der Waals surface area (Å²) in [6, 6.07) is 24.8.